The van der Waals surface area contributed by atoms with Gasteiger partial charge in [-0.2, -0.15) is 0 Å². The third kappa shape index (κ3) is 3.95. The summed E-state index contributed by atoms with van der Waals surface area (Å²) in [5.74, 6) is 0.434. The summed E-state index contributed by atoms with van der Waals surface area (Å²) in [6.45, 7) is 3.55. The number of hydrogen-bond acceptors (Lipinski definition) is 5. The summed E-state index contributed by atoms with van der Waals surface area (Å²) in [5, 5.41) is 3.26. The topological polar surface area (TPSA) is 84.1 Å². The summed E-state index contributed by atoms with van der Waals surface area (Å²) in [6, 6.07) is 13.2. The molecular weight excluding hydrogens is 405 g/mol. The van der Waals surface area contributed by atoms with Crippen LogP contribution in [0, 0.1) is 19.7 Å². The largest absolute Gasteiger partial charge is 0.489 e. The van der Waals surface area contributed by atoms with Gasteiger partial charge in [-0.1, -0.05) is 18.2 Å². The van der Waals surface area contributed by atoms with Gasteiger partial charge >= 0.3 is 0 Å². The summed E-state index contributed by atoms with van der Waals surface area (Å²) in [4.78, 5) is 32.8. The van der Waals surface area contributed by atoms with E-state index in [1.165, 1.54) is 17.4 Å². The van der Waals surface area contributed by atoms with Gasteiger partial charge in [0.15, 0.2) is 0 Å². The van der Waals surface area contributed by atoms with E-state index in [1.54, 1.807) is 56.3 Å². The zero-order chi connectivity index (χ0) is 21.3. The molecule has 1 amide bonds. The summed E-state index contributed by atoms with van der Waals surface area (Å²) < 4.78 is 19.3. The van der Waals surface area contributed by atoms with Gasteiger partial charge in [0.25, 0.3) is 11.5 Å². The molecule has 0 aliphatic rings. The lowest BCUT2D eigenvalue weighted by Gasteiger charge is -2.09. The van der Waals surface area contributed by atoms with Gasteiger partial charge in [0, 0.05) is 11.3 Å². The standard InChI is InChI=1S/C22H18FN3O3S/c1-12-18-20(27)24-13(2)25-22(18)30-19(12)21(28)26-15-7-9-16(10-8-15)29-11-14-5-3-4-6-17(14)23/h3-10H,11H2,1-2H3,(H,26,28)(H,24,25,27). The number of carbonyl (C=O) groups is 1. The number of anilines is 1. The fraction of sp³-hybridized carbons (Fsp3) is 0.136. The number of aromatic nitrogens is 2. The number of rotatable bonds is 5. The molecule has 0 saturated heterocycles. The molecule has 152 valence electrons. The average molecular weight is 423 g/mol. The van der Waals surface area contributed by atoms with E-state index in [0.29, 0.717) is 43.5 Å². The first-order valence-electron chi connectivity index (χ1n) is 9.20. The van der Waals surface area contributed by atoms with Crippen molar-refractivity contribution in [1.29, 1.82) is 0 Å². The van der Waals surface area contributed by atoms with Gasteiger partial charge in [0.2, 0.25) is 0 Å². The summed E-state index contributed by atoms with van der Waals surface area (Å²) in [7, 11) is 0. The molecule has 0 unspecified atom stereocenters. The molecule has 6 nitrogen and oxygen atoms in total. The number of aromatic amines is 1. The lowest BCUT2D eigenvalue weighted by molar-refractivity contribution is 0.103. The molecule has 0 bridgehead atoms. The molecule has 2 aromatic heterocycles. The highest BCUT2D eigenvalue weighted by atomic mass is 32.1. The van der Waals surface area contributed by atoms with Crippen LogP contribution in [0.3, 0.4) is 0 Å². The Labute approximate surface area is 175 Å². The molecule has 2 heterocycles. The highest BCUT2D eigenvalue weighted by Gasteiger charge is 2.19. The highest BCUT2D eigenvalue weighted by molar-refractivity contribution is 7.20. The number of thiophene rings is 1. The van der Waals surface area contributed by atoms with Crippen LogP contribution in [0.1, 0.15) is 26.6 Å². The summed E-state index contributed by atoms with van der Waals surface area (Å²) >= 11 is 1.19. The minimum atomic E-state index is -0.316. The number of amides is 1. The van der Waals surface area contributed by atoms with Crippen molar-refractivity contribution >= 4 is 33.1 Å². The van der Waals surface area contributed by atoms with Crippen LogP contribution in [0.15, 0.2) is 53.3 Å². The second-order valence-electron chi connectivity index (χ2n) is 6.75. The molecule has 0 atom stereocenters. The molecule has 2 aromatic carbocycles. The quantitative estimate of drug-likeness (QED) is 0.492. The Morgan fingerprint density at radius 3 is 2.63 bits per heavy atom. The van der Waals surface area contributed by atoms with Crippen molar-refractivity contribution in [1.82, 2.24) is 9.97 Å². The number of halogens is 1. The molecule has 8 heteroatoms. The molecule has 0 spiro atoms. The Bertz CT molecular complexity index is 1300. The zero-order valence-corrected chi connectivity index (χ0v) is 17.1. The Morgan fingerprint density at radius 2 is 1.90 bits per heavy atom. The molecular formula is C22H18FN3O3S. The van der Waals surface area contributed by atoms with Crippen LogP contribution in [0.25, 0.3) is 10.2 Å². The predicted octanol–water partition coefficient (Wildman–Crippen LogP) is 4.57. The number of benzene rings is 2. The average Bonchev–Trinajstić information content (AvgIpc) is 3.05. The smallest absolute Gasteiger partial charge is 0.266 e. The van der Waals surface area contributed by atoms with Crippen molar-refractivity contribution in [2.45, 2.75) is 20.5 Å². The van der Waals surface area contributed by atoms with Crippen molar-refractivity contribution in [3.63, 3.8) is 0 Å². The highest BCUT2D eigenvalue weighted by Crippen LogP contribution is 2.28. The van der Waals surface area contributed by atoms with E-state index in [1.807, 2.05) is 0 Å². The Kier molecular flexibility index (Phi) is 5.33. The van der Waals surface area contributed by atoms with E-state index in [-0.39, 0.29) is 23.9 Å². The van der Waals surface area contributed by atoms with E-state index in [9.17, 15) is 14.0 Å². The van der Waals surface area contributed by atoms with Crippen LogP contribution < -0.4 is 15.6 Å². The van der Waals surface area contributed by atoms with Gasteiger partial charge in [0.05, 0.1) is 10.3 Å². The van der Waals surface area contributed by atoms with Gasteiger partial charge in [0.1, 0.15) is 28.8 Å². The van der Waals surface area contributed by atoms with E-state index < -0.39 is 0 Å². The number of H-pyrrole nitrogens is 1. The molecule has 0 aliphatic carbocycles. The third-order valence-corrected chi connectivity index (χ3v) is 5.77. The Morgan fingerprint density at radius 1 is 1.17 bits per heavy atom. The number of carbonyl (C=O) groups excluding carboxylic acids is 1. The van der Waals surface area contributed by atoms with Gasteiger partial charge in [-0.3, -0.25) is 9.59 Å². The first-order chi connectivity index (χ1) is 14.4. The number of ether oxygens (including phenoxy) is 1. The molecule has 4 rings (SSSR count). The van der Waals surface area contributed by atoms with E-state index in [0.717, 1.165) is 0 Å². The maximum absolute atomic E-state index is 13.7. The van der Waals surface area contributed by atoms with Gasteiger partial charge in [-0.25, -0.2) is 9.37 Å². The maximum Gasteiger partial charge on any atom is 0.266 e. The number of nitrogens with one attached hydrogen (secondary N) is 2. The number of hydrogen-bond donors (Lipinski definition) is 2. The van der Waals surface area contributed by atoms with Crippen molar-refractivity contribution in [2.24, 2.45) is 0 Å². The van der Waals surface area contributed by atoms with Gasteiger partial charge in [-0.15, -0.1) is 11.3 Å². The van der Waals surface area contributed by atoms with Crippen LogP contribution in [-0.4, -0.2) is 15.9 Å². The van der Waals surface area contributed by atoms with Crippen LogP contribution in [0.2, 0.25) is 0 Å². The molecule has 0 aliphatic heterocycles. The minimum absolute atomic E-state index is 0.111. The van der Waals surface area contributed by atoms with Crippen molar-refractivity contribution in [3.05, 3.63) is 86.5 Å². The van der Waals surface area contributed by atoms with Crippen molar-refractivity contribution < 1.29 is 13.9 Å². The lowest BCUT2D eigenvalue weighted by Crippen LogP contribution is -2.12. The monoisotopic (exact) mass is 423 g/mol. The van der Waals surface area contributed by atoms with Gasteiger partial charge < -0.3 is 15.0 Å². The van der Waals surface area contributed by atoms with Crippen LogP contribution in [-0.2, 0) is 6.61 Å². The van der Waals surface area contributed by atoms with Crippen molar-refractivity contribution in [2.75, 3.05) is 5.32 Å². The Balaban J connectivity index is 1.47. The summed E-state index contributed by atoms with van der Waals surface area (Å²) in [6.07, 6.45) is 0. The molecule has 2 N–H and O–H groups in total. The predicted molar refractivity (Wildman–Crippen MR) is 115 cm³/mol. The number of nitrogens with zero attached hydrogens (tertiary/aromatic N) is 1. The molecule has 0 fully saturated rings. The molecule has 30 heavy (non-hydrogen) atoms. The minimum Gasteiger partial charge on any atom is -0.489 e. The maximum atomic E-state index is 13.7. The van der Waals surface area contributed by atoms with Gasteiger partial charge in [-0.05, 0) is 49.7 Å². The fourth-order valence-corrected chi connectivity index (χ4v) is 4.19. The van der Waals surface area contributed by atoms with Crippen molar-refractivity contribution in [3.8, 4) is 5.75 Å². The molecule has 0 saturated carbocycles. The zero-order valence-electron chi connectivity index (χ0n) is 16.3. The van der Waals surface area contributed by atoms with Crippen LogP contribution in [0.4, 0.5) is 10.1 Å². The first kappa shape index (κ1) is 19.8. The fourth-order valence-electron chi connectivity index (χ4n) is 3.07. The normalized spacial score (nSPS) is 10.9. The first-order valence-corrected chi connectivity index (χ1v) is 10.0. The lowest BCUT2D eigenvalue weighted by atomic mass is 10.2. The van der Waals surface area contributed by atoms with Crippen LogP contribution >= 0.6 is 11.3 Å². The van der Waals surface area contributed by atoms with E-state index >= 15 is 0 Å². The van der Waals surface area contributed by atoms with E-state index in [4.69, 9.17) is 4.74 Å². The second kappa shape index (κ2) is 8.08. The third-order valence-electron chi connectivity index (χ3n) is 4.59. The number of fused-ring (bicyclic) bond motifs is 1. The number of aryl methyl sites for hydroxylation is 2. The Hall–Kier alpha value is -3.52. The van der Waals surface area contributed by atoms with Crippen LogP contribution in [0.5, 0.6) is 5.75 Å². The molecule has 4 aromatic rings. The molecule has 0 radical (unpaired) electrons. The van der Waals surface area contributed by atoms with E-state index in [2.05, 4.69) is 15.3 Å². The second-order valence-corrected chi connectivity index (χ2v) is 7.75. The summed E-state index contributed by atoms with van der Waals surface area (Å²) in [5.41, 5.74) is 1.40. The SMILES string of the molecule is Cc1nc2sc(C(=O)Nc3ccc(OCc4ccccc4F)cc3)c(C)c2c(=O)[nH]1.